The van der Waals surface area contributed by atoms with E-state index in [1.165, 1.54) is 12.1 Å². The molecule has 0 aliphatic heterocycles. The lowest BCUT2D eigenvalue weighted by Gasteiger charge is -2.08. The molecule has 29 heavy (non-hydrogen) atoms. The summed E-state index contributed by atoms with van der Waals surface area (Å²) in [5.74, 6) is 1.42. The van der Waals surface area contributed by atoms with Gasteiger partial charge in [-0.15, -0.1) is 5.10 Å². The maximum atomic E-state index is 12.8. The molecule has 0 bridgehead atoms. The molecule has 0 spiro atoms. The van der Waals surface area contributed by atoms with Crippen LogP contribution in [0.25, 0.3) is 11.5 Å². The van der Waals surface area contributed by atoms with Gasteiger partial charge in [0.15, 0.2) is 0 Å². The fraction of sp³-hybridized carbons (Fsp3) is 0.0500. The third kappa shape index (κ3) is 4.52. The SMILES string of the molecule is FC(F)(F)c1cccc(Nc2nnc(-c3ccc(Oc4cccnc4)cc3)o2)c1. The average molecular weight is 398 g/mol. The smallest absolute Gasteiger partial charge is 0.416 e. The highest BCUT2D eigenvalue weighted by atomic mass is 19.4. The highest BCUT2D eigenvalue weighted by Crippen LogP contribution is 2.32. The third-order valence-electron chi connectivity index (χ3n) is 3.84. The van der Waals surface area contributed by atoms with E-state index in [0.717, 1.165) is 12.1 Å². The van der Waals surface area contributed by atoms with Gasteiger partial charge in [0.1, 0.15) is 11.5 Å². The summed E-state index contributed by atoms with van der Waals surface area (Å²) in [6, 6.07) is 15.2. The van der Waals surface area contributed by atoms with Gasteiger partial charge in [-0.1, -0.05) is 11.2 Å². The fourth-order valence-corrected chi connectivity index (χ4v) is 2.50. The first kappa shape index (κ1) is 18.5. The highest BCUT2D eigenvalue weighted by molar-refractivity contribution is 5.58. The van der Waals surface area contributed by atoms with Crippen LogP contribution in [0.1, 0.15) is 5.56 Å². The molecular formula is C20H13F3N4O2. The van der Waals surface area contributed by atoms with E-state index < -0.39 is 11.7 Å². The molecule has 2 heterocycles. The minimum absolute atomic E-state index is 0.0185. The number of nitrogens with zero attached hydrogens (tertiary/aromatic N) is 3. The second-order valence-electron chi connectivity index (χ2n) is 5.93. The summed E-state index contributed by atoms with van der Waals surface area (Å²) in [4.78, 5) is 3.97. The molecule has 2 aromatic heterocycles. The molecule has 9 heteroatoms. The van der Waals surface area contributed by atoms with Crippen molar-refractivity contribution in [2.24, 2.45) is 0 Å². The first-order chi connectivity index (χ1) is 14.0. The van der Waals surface area contributed by atoms with Gasteiger partial charge in [0.2, 0.25) is 5.89 Å². The van der Waals surface area contributed by atoms with Crippen molar-refractivity contribution in [2.75, 3.05) is 5.32 Å². The Hall–Kier alpha value is -3.88. The van der Waals surface area contributed by atoms with Crippen LogP contribution in [0.3, 0.4) is 0 Å². The summed E-state index contributed by atoms with van der Waals surface area (Å²) < 4.78 is 49.6. The Morgan fingerprint density at radius 3 is 2.45 bits per heavy atom. The summed E-state index contributed by atoms with van der Waals surface area (Å²) in [7, 11) is 0. The predicted octanol–water partition coefficient (Wildman–Crippen LogP) is 5.69. The van der Waals surface area contributed by atoms with Crippen molar-refractivity contribution >= 4 is 11.7 Å². The van der Waals surface area contributed by atoms with E-state index in [-0.39, 0.29) is 17.6 Å². The number of nitrogens with one attached hydrogen (secondary N) is 1. The molecule has 0 radical (unpaired) electrons. The molecule has 4 aromatic rings. The normalized spacial score (nSPS) is 11.3. The Labute approximate surface area is 163 Å². The zero-order valence-corrected chi connectivity index (χ0v) is 14.7. The summed E-state index contributed by atoms with van der Waals surface area (Å²) >= 11 is 0. The molecule has 0 saturated carbocycles. The summed E-state index contributed by atoms with van der Waals surface area (Å²) in [6.45, 7) is 0. The van der Waals surface area contributed by atoms with E-state index in [1.807, 2.05) is 0 Å². The van der Waals surface area contributed by atoms with Crippen LogP contribution in [0.2, 0.25) is 0 Å². The quantitative estimate of drug-likeness (QED) is 0.466. The number of rotatable bonds is 5. The van der Waals surface area contributed by atoms with E-state index in [2.05, 4.69) is 20.5 Å². The molecule has 0 aliphatic rings. The van der Waals surface area contributed by atoms with Crippen LogP contribution in [0, 0.1) is 0 Å². The zero-order chi connectivity index (χ0) is 20.3. The standard InChI is InChI=1S/C20H13F3N4O2/c21-20(22,23)14-3-1-4-15(11-14)25-19-27-26-18(29-19)13-6-8-16(9-7-13)28-17-5-2-10-24-12-17/h1-12H,(H,25,27). The molecule has 2 aromatic carbocycles. The molecule has 1 N–H and O–H groups in total. The lowest BCUT2D eigenvalue weighted by Crippen LogP contribution is -2.05. The van der Waals surface area contributed by atoms with Crippen LogP contribution < -0.4 is 10.1 Å². The zero-order valence-electron chi connectivity index (χ0n) is 14.7. The van der Waals surface area contributed by atoms with Crippen molar-refractivity contribution in [3.05, 3.63) is 78.6 Å². The second kappa shape index (κ2) is 7.63. The van der Waals surface area contributed by atoms with E-state index in [9.17, 15) is 13.2 Å². The number of hydrogen-bond donors (Lipinski definition) is 1. The van der Waals surface area contributed by atoms with E-state index in [4.69, 9.17) is 9.15 Å². The molecule has 0 atom stereocenters. The first-order valence-corrected chi connectivity index (χ1v) is 8.43. The highest BCUT2D eigenvalue weighted by Gasteiger charge is 2.30. The lowest BCUT2D eigenvalue weighted by atomic mass is 10.2. The minimum atomic E-state index is -4.43. The predicted molar refractivity (Wildman–Crippen MR) is 98.8 cm³/mol. The van der Waals surface area contributed by atoms with Crippen molar-refractivity contribution in [1.82, 2.24) is 15.2 Å². The Balaban J connectivity index is 1.46. The number of pyridine rings is 1. The topological polar surface area (TPSA) is 73.1 Å². The maximum absolute atomic E-state index is 12.8. The summed E-state index contributed by atoms with van der Waals surface area (Å²) in [5.41, 5.74) is 0.0508. The van der Waals surface area contributed by atoms with Crippen molar-refractivity contribution in [3.8, 4) is 23.0 Å². The van der Waals surface area contributed by atoms with Crippen LogP contribution >= 0.6 is 0 Å². The van der Waals surface area contributed by atoms with Crippen LogP contribution in [0.5, 0.6) is 11.5 Å². The monoisotopic (exact) mass is 398 g/mol. The molecule has 6 nitrogen and oxygen atoms in total. The number of benzene rings is 2. The number of alkyl halides is 3. The molecule has 0 amide bonds. The Morgan fingerprint density at radius 2 is 1.72 bits per heavy atom. The number of ether oxygens (including phenoxy) is 1. The van der Waals surface area contributed by atoms with Crippen LogP contribution in [-0.4, -0.2) is 15.2 Å². The maximum Gasteiger partial charge on any atom is 0.416 e. The van der Waals surface area contributed by atoms with Gasteiger partial charge >= 0.3 is 12.2 Å². The van der Waals surface area contributed by atoms with E-state index in [0.29, 0.717) is 17.1 Å². The van der Waals surface area contributed by atoms with Gasteiger partial charge in [0.05, 0.1) is 11.8 Å². The third-order valence-corrected chi connectivity index (χ3v) is 3.84. The molecule has 4 rings (SSSR count). The van der Waals surface area contributed by atoms with Gasteiger partial charge in [-0.25, -0.2) is 0 Å². The second-order valence-corrected chi connectivity index (χ2v) is 5.93. The molecule has 0 fully saturated rings. The van der Waals surface area contributed by atoms with Crippen molar-refractivity contribution in [3.63, 3.8) is 0 Å². The fourth-order valence-electron chi connectivity index (χ4n) is 2.50. The summed E-state index contributed by atoms with van der Waals surface area (Å²) in [5, 5.41) is 10.4. The van der Waals surface area contributed by atoms with E-state index in [1.54, 1.807) is 48.8 Å². The van der Waals surface area contributed by atoms with Gasteiger partial charge in [-0.2, -0.15) is 13.2 Å². The van der Waals surface area contributed by atoms with Crippen molar-refractivity contribution in [1.29, 1.82) is 0 Å². The molecular weight excluding hydrogens is 385 g/mol. The van der Waals surface area contributed by atoms with E-state index >= 15 is 0 Å². The molecule has 0 unspecified atom stereocenters. The van der Waals surface area contributed by atoms with Gasteiger partial charge in [0.25, 0.3) is 0 Å². The van der Waals surface area contributed by atoms with Gasteiger partial charge in [-0.3, -0.25) is 4.98 Å². The number of aromatic nitrogens is 3. The molecule has 0 saturated heterocycles. The largest absolute Gasteiger partial charge is 0.456 e. The summed E-state index contributed by atoms with van der Waals surface area (Å²) in [6.07, 6.45) is -1.19. The number of anilines is 2. The Bertz CT molecular complexity index is 1100. The number of hydrogen-bond acceptors (Lipinski definition) is 6. The molecule has 146 valence electrons. The molecule has 0 aliphatic carbocycles. The minimum Gasteiger partial charge on any atom is -0.456 e. The lowest BCUT2D eigenvalue weighted by molar-refractivity contribution is -0.137. The van der Waals surface area contributed by atoms with Crippen molar-refractivity contribution in [2.45, 2.75) is 6.18 Å². The van der Waals surface area contributed by atoms with Gasteiger partial charge < -0.3 is 14.5 Å². The first-order valence-electron chi connectivity index (χ1n) is 8.43. The van der Waals surface area contributed by atoms with Crippen LogP contribution in [-0.2, 0) is 6.18 Å². The van der Waals surface area contributed by atoms with Gasteiger partial charge in [0, 0.05) is 17.4 Å². The van der Waals surface area contributed by atoms with Crippen LogP contribution in [0.15, 0.2) is 77.5 Å². The van der Waals surface area contributed by atoms with Crippen molar-refractivity contribution < 1.29 is 22.3 Å². The average Bonchev–Trinajstić information content (AvgIpc) is 3.17. The van der Waals surface area contributed by atoms with Gasteiger partial charge in [-0.05, 0) is 54.6 Å². The number of halogens is 3. The Kier molecular flexibility index (Phi) is 4.86. The van der Waals surface area contributed by atoms with Crippen LogP contribution in [0.4, 0.5) is 24.9 Å². The Morgan fingerprint density at radius 1 is 0.897 bits per heavy atom.